The van der Waals surface area contributed by atoms with Crippen LogP contribution in [0, 0.1) is 0 Å². The number of unbranched alkanes of at least 4 members (excludes halogenated alkanes) is 30. The van der Waals surface area contributed by atoms with Gasteiger partial charge in [0.1, 0.15) is 13.2 Å². The first-order valence-corrected chi connectivity index (χ1v) is 28.3. The highest BCUT2D eigenvalue weighted by atomic mass is 16.6. The Morgan fingerprint density at radius 3 is 0.939 bits per heavy atom. The van der Waals surface area contributed by atoms with Crippen molar-refractivity contribution in [2.24, 2.45) is 0 Å². The molecule has 0 aromatic rings. The fraction of sp³-hybridized carbons (Fsp3) is 0.783. The summed E-state index contributed by atoms with van der Waals surface area (Å²) in [6.45, 7) is 6.55. The summed E-state index contributed by atoms with van der Waals surface area (Å²) in [6, 6.07) is 0. The number of carbonyl (C=O) groups excluding carboxylic acids is 3. The van der Waals surface area contributed by atoms with Crippen LogP contribution in [0.25, 0.3) is 0 Å². The van der Waals surface area contributed by atoms with Gasteiger partial charge >= 0.3 is 17.9 Å². The molecule has 0 aromatic carbocycles. The Kier molecular flexibility index (Phi) is 52.3. The number of hydrogen-bond acceptors (Lipinski definition) is 6. The normalized spacial score (nSPS) is 12.5. The van der Waals surface area contributed by atoms with Crippen molar-refractivity contribution in [3.8, 4) is 0 Å². The Morgan fingerprint density at radius 2 is 0.576 bits per heavy atom. The number of carbonyl (C=O) groups is 3. The van der Waals surface area contributed by atoms with Gasteiger partial charge in [-0.15, -0.1) is 0 Å². The fourth-order valence-corrected chi connectivity index (χ4v) is 7.92. The van der Waals surface area contributed by atoms with Crippen LogP contribution in [0.5, 0.6) is 0 Å². The van der Waals surface area contributed by atoms with E-state index in [1.54, 1.807) is 0 Å². The number of esters is 3. The summed E-state index contributed by atoms with van der Waals surface area (Å²) in [4.78, 5) is 38.1. The second-order valence-electron chi connectivity index (χ2n) is 18.8. The van der Waals surface area contributed by atoms with Crippen LogP contribution >= 0.6 is 0 Å². The minimum atomic E-state index is -0.786. The zero-order valence-electron chi connectivity index (χ0n) is 43.7. The molecular formula is C60H106O6. The van der Waals surface area contributed by atoms with Gasteiger partial charge in [-0.1, -0.05) is 223 Å². The zero-order chi connectivity index (χ0) is 47.9. The van der Waals surface area contributed by atoms with E-state index in [4.69, 9.17) is 14.2 Å². The molecule has 1 unspecified atom stereocenters. The van der Waals surface area contributed by atoms with Gasteiger partial charge in [0.25, 0.3) is 0 Å². The highest BCUT2D eigenvalue weighted by Crippen LogP contribution is 2.15. The molecule has 0 N–H and O–H groups in total. The van der Waals surface area contributed by atoms with E-state index < -0.39 is 6.10 Å². The number of ether oxygens (including phenoxy) is 3. The Morgan fingerprint density at radius 1 is 0.303 bits per heavy atom. The van der Waals surface area contributed by atoms with Crippen molar-refractivity contribution in [2.75, 3.05) is 13.2 Å². The SMILES string of the molecule is CCC/C=C\C/C=C\CCCCCCCC(=O)OCC(COC(=O)CCCCCCCCC/C=C\CCCCCCCCC)OC(=O)CCCCCCCCC/C=C\C/C=C\CCCCC. The summed E-state index contributed by atoms with van der Waals surface area (Å²) in [7, 11) is 0. The molecule has 0 amide bonds. The van der Waals surface area contributed by atoms with Crippen LogP contribution in [-0.4, -0.2) is 37.2 Å². The molecule has 0 bridgehead atoms. The zero-order valence-corrected chi connectivity index (χ0v) is 43.7. The van der Waals surface area contributed by atoms with E-state index in [2.05, 4.69) is 81.5 Å². The van der Waals surface area contributed by atoms with Crippen LogP contribution in [0.3, 0.4) is 0 Å². The van der Waals surface area contributed by atoms with Crippen molar-refractivity contribution in [1.82, 2.24) is 0 Å². The Hall–Kier alpha value is -2.89. The first-order valence-electron chi connectivity index (χ1n) is 28.3. The third-order valence-corrected chi connectivity index (χ3v) is 12.2. The molecule has 0 saturated carbocycles. The molecule has 1 atom stereocenters. The number of allylic oxidation sites excluding steroid dienone is 10. The van der Waals surface area contributed by atoms with Crippen LogP contribution < -0.4 is 0 Å². The molecule has 0 aliphatic rings. The Bertz CT molecular complexity index is 1200. The summed E-state index contributed by atoms with van der Waals surface area (Å²) in [5.41, 5.74) is 0. The summed E-state index contributed by atoms with van der Waals surface area (Å²) < 4.78 is 16.8. The number of hydrogen-bond donors (Lipinski definition) is 0. The van der Waals surface area contributed by atoms with Gasteiger partial charge in [-0.05, 0) is 103 Å². The maximum atomic E-state index is 12.8. The van der Waals surface area contributed by atoms with E-state index >= 15 is 0 Å². The van der Waals surface area contributed by atoms with Crippen molar-refractivity contribution in [3.63, 3.8) is 0 Å². The van der Waals surface area contributed by atoms with Crippen molar-refractivity contribution in [2.45, 2.75) is 290 Å². The molecule has 0 fully saturated rings. The molecule has 6 heteroatoms. The molecule has 0 aromatic heterocycles. The van der Waals surface area contributed by atoms with Gasteiger partial charge in [-0.3, -0.25) is 14.4 Å². The Labute approximate surface area is 409 Å². The van der Waals surface area contributed by atoms with E-state index in [0.717, 1.165) is 96.3 Å². The lowest BCUT2D eigenvalue weighted by atomic mass is 10.1. The topological polar surface area (TPSA) is 78.9 Å². The predicted octanol–water partition coefficient (Wildman–Crippen LogP) is 18.8. The molecule has 66 heavy (non-hydrogen) atoms. The van der Waals surface area contributed by atoms with Crippen LogP contribution in [0.4, 0.5) is 0 Å². The number of rotatable bonds is 51. The van der Waals surface area contributed by atoms with Gasteiger partial charge in [0.2, 0.25) is 0 Å². The molecule has 6 nitrogen and oxygen atoms in total. The minimum Gasteiger partial charge on any atom is -0.462 e. The summed E-state index contributed by atoms with van der Waals surface area (Å²) in [5, 5.41) is 0. The predicted molar refractivity (Wildman–Crippen MR) is 284 cm³/mol. The largest absolute Gasteiger partial charge is 0.462 e. The van der Waals surface area contributed by atoms with Gasteiger partial charge in [0.15, 0.2) is 6.10 Å². The quantitative estimate of drug-likeness (QED) is 0.0262. The van der Waals surface area contributed by atoms with E-state index in [1.807, 2.05) is 0 Å². The van der Waals surface area contributed by atoms with E-state index in [0.29, 0.717) is 19.3 Å². The molecular weight excluding hydrogens is 817 g/mol. The molecule has 0 aliphatic heterocycles. The first-order chi connectivity index (χ1) is 32.5. The third-order valence-electron chi connectivity index (χ3n) is 12.2. The Balaban J connectivity index is 4.38. The minimum absolute atomic E-state index is 0.0836. The first kappa shape index (κ1) is 63.1. The lowest BCUT2D eigenvalue weighted by Crippen LogP contribution is -2.30. The highest BCUT2D eigenvalue weighted by molar-refractivity contribution is 5.71. The maximum absolute atomic E-state index is 12.8. The molecule has 0 saturated heterocycles. The van der Waals surface area contributed by atoms with Gasteiger partial charge in [0, 0.05) is 19.3 Å². The highest BCUT2D eigenvalue weighted by Gasteiger charge is 2.19. The second kappa shape index (κ2) is 54.7. The van der Waals surface area contributed by atoms with Crippen LogP contribution in [0.15, 0.2) is 60.8 Å². The van der Waals surface area contributed by atoms with Crippen molar-refractivity contribution in [1.29, 1.82) is 0 Å². The van der Waals surface area contributed by atoms with Crippen LogP contribution in [0.1, 0.15) is 284 Å². The average Bonchev–Trinajstić information content (AvgIpc) is 3.31. The molecule has 0 rings (SSSR count). The monoisotopic (exact) mass is 923 g/mol. The smallest absolute Gasteiger partial charge is 0.306 e. The average molecular weight is 924 g/mol. The molecule has 0 spiro atoms. The second-order valence-corrected chi connectivity index (χ2v) is 18.8. The molecule has 0 heterocycles. The van der Waals surface area contributed by atoms with Gasteiger partial charge in [0.05, 0.1) is 0 Å². The van der Waals surface area contributed by atoms with Crippen molar-refractivity contribution >= 4 is 17.9 Å². The van der Waals surface area contributed by atoms with Gasteiger partial charge in [-0.25, -0.2) is 0 Å². The van der Waals surface area contributed by atoms with Crippen LogP contribution in [0.2, 0.25) is 0 Å². The maximum Gasteiger partial charge on any atom is 0.306 e. The third kappa shape index (κ3) is 52.1. The van der Waals surface area contributed by atoms with Crippen molar-refractivity contribution < 1.29 is 28.6 Å². The lowest BCUT2D eigenvalue weighted by molar-refractivity contribution is -0.167. The van der Waals surface area contributed by atoms with E-state index in [9.17, 15) is 14.4 Å². The van der Waals surface area contributed by atoms with E-state index in [-0.39, 0.29) is 31.1 Å². The van der Waals surface area contributed by atoms with Crippen molar-refractivity contribution in [3.05, 3.63) is 60.8 Å². The van der Waals surface area contributed by atoms with Gasteiger partial charge < -0.3 is 14.2 Å². The molecule has 382 valence electrons. The lowest BCUT2D eigenvalue weighted by Gasteiger charge is -2.18. The van der Waals surface area contributed by atoms with Gasteiger partial charge in [-0.2, -0.15) is 0 Å². The summed E-state index contributed by atoms with van der Waals surface area (Å²) in [5.74, 6) is -0.902. The van der Waals surface area contributed by atoms with Crippen LogP contribution in [-0.2, 0) is 28.6 Å². The fourth-order valence-electron chi connectivity index (χ4n) is 7.92. The summed E-state index contributed by atoms with van der Waals surface area (Å²) in [6.07, 6.45) is 67.7. The standard InChI is InChI=1S/C60H106O6/c1-4-7-10-13-16-19-22-25-27-29-31-32-35-38-41-44-47-50-53-59(62)65-56-57(55-64-58(61)52-49-46-43-40-37-34-24-21-18-15-12-9-6-3)66-60(63)54-51-48-45-42-39-36-33-30-28-26-23-20-17-14-11-8-5-2/h12,15,17,20-21,24,26-29,57H,4-11,13-14,16,18-19,22-23,25,30-56H2,1-3H3/b15-12-,20-17-,24-21-,28-26-,29-27-. The summed E-state index contributed by atoms with van der Waals surface area (Å²) >= 11 is 0. The molecule has 0 radical (unpaired) electrons. The van der Waals surface area contributed by atoms with E-state index in [1.165, 1.54) is 148 Å². The molecule has 0 aliphatic carbocycles.